The van der Waals surface area contributed by atoms with E-state index < -0.39 is 11.7 Å². The lowest BCUT2D eigenvalue weighted by molar-refractivity contribution is -0.137. The molecular weight excluding hydrogens is 371 g/mol. The van der Waals surface area contributed by atoms with Gasteiger partial charge in [-0.2, -0.15) is 13.2 Å². The van der Waals surface area contributed by atoms with Gasteiger partial charge >= 0.3 is 6.18 Å². The Balaban J connectivity index is 1.62. The smallest absolute Gasteiger partial charge is 0.368 e. The topological polar surface area (TPSA) is 69.3 Å². The van der Waals surface area contributed by atoms with Gasteiger partial charge in [-0.3, -0.25) is 4.79 Å². The Morgan fingerprint density at radius 3 is 2.69 bits per heavy atom. The van der Waals surface area contributed by atoms with Crippen molar-refractivity contribution in [1.29, 1.82) is 0 Å². The zero-order valence-corrected chi connectivity index (χ0v) is 15.1. The molecule has 0 spiro atoms. The molecule has 6 nitrogen and oxygen atoms in total. The van der Waals surface area contributed by atoms with Crippen LogP contribution in [0.25, 0.3) is 0 Å². The fourth-order valence-corrected chi connectivity index (χ4v) is 2.80. The molecular formula is C16H23ClF3N5O. The Morgan fingerprint density at radius 2 is 2.04 bits per heavy atom. The van der Waals surface area contributed by atoms with E-state index in [2.05, 4.69) is 25.8 Å². The molecule has 0 unspecified atom stereocenters. The standard InChI is InChI=1S/C16H23ClF3N5O/c17-13-10-12(16(18,19)20)11-24-15(13)23-4-2-14(26)22-3-1-7-25-8-5-21-6-9-25/h10-11,21H,1-9H2,(H,22,26)(H,23,24). The van der Waals surface area contributed by atoms with E-state index in [0.717, 1.165) is 45.2 Å². The van der Waals surface area contributed by atoms with E-state index in [9.17, 15) is 18.0 Å². The van der Waals surface area contributed by atoms with Crippen molar-refractivity contribution >= 4 is 23.3 Å². The first-order chi connectivity index (χ1) is 12.4. The largest absolute Gasteiger partial charge is 0.417 e. The molecule has 146 valence electrons. The molecule has 0 aliphatic carbocycles. The predicted molar refractivity (Wildman–Crippen MR) is 94.3 cm³/mol. The maximum atomic E-state index is 12.5. The van der Waals surface area contributed by atoms with E-state index in [1.807, 2.05) is 0 Å². The van der Waals surface area contributed by atoms with Crippen LogP contribution in [0.2, 0.25) is 5.02 Å². The molecule has 1 aliphatic heterocycles. The highest BCUT2D eigenvalue weighted by molar-refractivity contribution is 6.32. The first-order valence-electron chi connectivity index (χ1n) is 8.52. The Hall–Kier alpha value is -1.58. The summed E-state index contributed by atoms with van der Waals surface area (Å²) >= 11 is 5.79. The maximum Gasteiger partial charge on any atom is 0.417 e. The van der Waals surface area contributed by atoms with E-state index in [0.29, 0.717) is 12.7 Å². The van der Waals surface area contributed by atoms with E-state index in [1.54, 1.807) is 0 Å². The fraction of sp³-hybridized carbons (Fsp3) is 0.625. The third-order valence-corrected chi connectivity index (χ3v) is 4.28. The number of alkyl halides is 3. The van der Waals surface area contributed by atoms with Crippen LogP contribution in [0.3, 0.4) is 0 Å². The van der Waals surface area contributed by atoms with Gasteiger partial charge in [0, 0.05) is 51.9 Å². The number of rotatable bonds is 8. The van der Waals surface area contributed by atoms with Crippen LogP contribution in [0.15, 0.2) is 12.3 Å². The SMILES string of the molecule is O=C(CCNc1ncc(C(F)(F)F)cc1Cl)NCCCN1CCNCC1. The highest BCUT2D eigenvalue weighted by Gasteiger charge is 2.31. The number of hydrogen-bond donors (Lipinski definition) is 3. The van der Waals surface area contributed by atoms with E-state index in [1.165, 1.54) is 0 Å². The average Bonchev–Trinajstić information content (AvgIpc) is 2.60. The second-order valence-electron chi connectivity index (χ2n) is 6.02. The van der Waals surface area contributed by atoms with Gasteiger partial charge in [-0.25, -0.2) is 4.98 Å². The Labute approximate surface area is 155 Å². The Bertz CT molecular complexity index is 594. The van der Waals surface area contributed by atoms with Crippen molar-refractivity contribution in [3.05, 3.63) is 22.8 Å². The molecule has 1 aliphatic rings. The molecule has 0 atom stereocenters. The summed E-state index contributed by atoms with van der Waals surface area (Å²) in [6, 6.07) is 0.813. The van der Waals surface area contributed by atoms with Crippen molar-refractivity contribution in [3.63, 3.8) is 0 Å². The zero-order chi connectivity index (χ0) is 19.0. The number of nitrogens with one attached hydrogen (secondary N) is 3. The molecule has 1 aromatic rings. The normalized spacial score (nSPS) is 15.7. The van der Waals surface area contributed by atoms with Gasteiger partial charge in [0.25, 0.3) is 0 Å². The van der Waals surface area contributed by atoms with Gasteiger partial charge in [0.2, 0.25) is 5.91 Å². The number of halogens is 4. The summed E-state index contributed by atoms with van der Waals surface area (Å²) < 4.78 is 37.6. The van der Waals surface area contributed by atoms with Gasteiger partial charge in [0.15, 0.2) is 0 Å². The molecule has 2 rings (SSSR count). The van der Waals surface area contributed by atoms with Crippen molar-refractivity contribution in [2.24, 2.45) is 0 Å². The van der Waals surface area contributed by atoms with Gasteiger partial charge < -0.3 is 20.9 Å². The zero-order valence-electron chi connectivity index (χ0n) is 14.3. The molecule has 0 aromatic carbocycles. The molecule has 26 heavy (non-hydrogen) atoms. The van der Waals surface area contributed by atoms with E-state index in [4.69, 9.17) is 11.6 Å². The van der Waals surface area contributed by atoms with Gasteiger partial charge in [0.05, 0.1) is 10.6 Å². The minimum absolute atomic E-state index is 0.124. The average molecular weight is 394 g/mol. The van der Waals surface area contributed by atoms with Crippen molar-refractivity contribution in [3.8, 4) is 0 Å². The molecule has 1 saturated heterocycles. The first-order valence-corrected chi connectivity index (χ1v) is 8.90. The van der Waals surface area contributed by atoms with Crippen molar-refractivity contribution < 1.29 is 18.0 Å². The summed E-state index contributed by atoms with van der Waals surface area (Å²) in [5.41, 5.74) is -0.907. The van der Waals surface area contributed by atoms with Crippen LogP contribution in [-0.4, -0.2) is 61.6 Å². The van der Waals surface area contributed by atoms with Gasteiger partial charge in [0.1, 0.15) is 5.82 Å². The molecule has 3 N–H and O–H groups in total. The van der Waals surface area contributed by atoms with Crippen LogP contribution in [0.1, 0.15) is 18.4 Å². The molecule has 0 saturated carbocycles. The number of nitrogens with zero attached hydrogens (tertiary/aromatic N) is 2. The molecule has 1 amide bonds. The quantitative estimate of drug-likeness (QED) is 0.589. The molecule has 1 fully saturated rings. The minimum Gasteiger partial charge on any atom is -0.368 e. The number of piperazine rings is 1. The van der Waals surface area contributed by atoms with Gasteiger partial charge in [-0.15, -0.1) is 0 Å². The lowest BCUT2D eigenvalue weighted by Gasteiger charge is -2.27. The van der Waals surface area contributed by atoms with Crippen LogP contribution in [0, 0.1) is 0 Å². The summed E-state index contributed by atoms with van der Waals surface area (Å²) in [5, 5.41) is 8.76. The minimum atomic E-state index is -4.49. The molecule has 10 heteroatoms. The van der Waals surface area contributed by atoms with Crippen molar-refractivity contribution in [1.82, 2.24) is 20.5 Å². The summed E-state index contributed by atoms with van der Waals surface area (Å²) in [7, 11) is 0. The van der Waals surface area contributed by atoms with Gasteiger partial charge in [-0.05, 0) is 19.0 Å². The van der Waals surface area contributed by atoms with Crippen LogP contribution < -0.4 is 16.0 Å². The summed E-state index contributed by atoms with van der Waals surface area (Å²) in [5.74, 6) is 0.00650. The van der Waals surface area contributed by atoms with Crippen LogP contribution >= 0.6 is 11.6 Å². The molecule has 0 radical (unpaired) electrons. The van der Waals surface area contributed by atoms with Crippen LogP contribution in [-0.2, 0) is 11.0 Å². The third kappa shape index (κ3) is 6.97. The number of amides is 1. The van der Waals surface area contributed by atoms with E-state index >= 15 is 0 Å². The second kappa shape index (κ2) is 9.94. The summed E-state index contributed by atoms with van der Waals surface area (Å²) in [4.78, 5) is 17.8. The third-order valence-electron chi connectivity index (χ3n) is 4.00. The molecule has 0 bridgehead atoms. The Kier molecular flexibility index (Phi) is 7.92. The number of aromatic nitrogens is 1. The number of carbonyl (C=O) groups excluding carboxylic acids is 1. The molecule has 2 heterocycles. The van der Waals surface area contributed by atoms with Gasteiger partial charge in [-0.1, -0.05) is 11.6 Å². The number of pyridine rings is 1. The van der Waals surface area contributed by atoms with E-state index in [-0.39, 0.29) is 29.7 Å². The highest BCUT2D eigenvalue weighted by atomic mass is 35.5. The van der Waals surface area contributed by atoms with Crippen LogP contribution in [0.4, 0.5) is 19.0 Å². The van der Waals surface area contributed by atoms with Crippen molar-refractivity contribution in [2.45, 2.75) is 19.0 Å². The summed E-state index contributed by atoms with van der Waals surface area (Å²) in [6.45, 7) is 5.84. The van der Waals surface area contributed by atoms with Crippen molar-refractivity contribution in [2.75, 3.05) is 51.1 Å². The monoisotopic (exact) mass is 393 g/mol. The fourth-order valence-electron chi connectivity index (χ4n) is 2.57. The second-order valence-corrected chi connectivity index (χ2v) is 6.43. The lowest BCUT2D eigenvalue weighted by Crippen LogP contribution is -2.44. The van der Waals surface area contributed by atoms with Crippen LogP contribution in [0.5, 0.6) is 0 Å². The summed E-state index contributed by atoms with van der Waals surface area (Å²) in [6.07, 6.45) is -2.71. The number of hydrogen-bond acceptors (Lipinski definition) is 5. The predicted octanol–water partition coefficient (Wildman–Crippen LogP) is 1.97. The highest BCUT2D eigenvalue weighted by Crippen LogP contribution is 2.32. The lowest BCUT2D eigenvalue weighted by atomic mass is 10.2. The Morgan fingerprint density at radius 1 is 1.31 bits per heavy atom. The molecule has 1 aromatic heterocycles. The number of carbonyl (C=O) groups is 1. The number of anilines is 1. The first kappa shape index (κ1) is 20.7. The maximum absolute atomic E-state index is 12.5.